The van der Waals surface area contributed by atoms with Gasteiger partial charge in [0.2, 0.25) is 47.3 Å². The van der Waals surface area contributed by atoms with Crippen LogP contribution in [-0.4, -0.2) is 168 Å². The molecule has 25 heteroatoms. The third-order valence-electron chi connectivity index (χ3n) is 8.51. The van der Waals surface area contributed by atoms with E-state index in [9.17, 15) is 78.9 Å². The number of carboxylic acid groups (broad SMARTS) is 1. The van der Waals surface area contributed by atoms with E-state index in [1.165, 1.54) is 31.2 Å². The number of aromatic hydroxyl groups is 1. The number of benzene rings is 1. The lowest BCUT2D eigenvalue weighted by molar-refractivity contribution is -0.145. The van der Waals surface area contributed by atoms with Crippen molar-refractivity contribution in [3.05, 3.63) is 29.8 Å². The van der Waals surface area contributed by atoms with E-state index in [-0.39, 0.29) is 12.2 Å². The molecule has 0 aliphatic heterocycles. The highest BCUT2D eigenvalue weighted by atomic mass is 16.4. The SMILES string of the molecule is C[C@@H](N)C(=O)N[C@@H](CO)C(=O)N[C@H](C(=O)N[C@H](C(=O)N[C@H](C(=O)N[C@@H](CC(N)=O)C(=O)N[C@@H](Cc1ccc(O)cc1)C(=O)N[C@H](C(=O)O)[C@@H](C)O)[C@@H](C)O)[C@@H](C)O)[C@@H](C)O. The van der Waals surface area contributed by atoms with E-state index in [1.54, 1.807) is 0 Å². The summed E-state index contributed by atoms with van der Waals surface area (Å²) in [4.78, 5) is 115. The summed E-state index contributed by atoms with van der Waals surface area (Å²) >= 11 is 0. The summed E-state index contributed by atoms with van der Waals surface area (Å²) in [5, 5.41) is 84.5. The van der Waals surface area contributed by atoms with Crippen LogP contribution < -0.4 is 48.7 Å². The molecule has 0 aromatic heterocycles. The molecule has 336 valence electrons. The van der Waals surface area contributed by atoms with Gasteiger partial charge in [0.25, 0.3) is 0 Å². The molecule has 0 radical (unpaired) electrons. The largest absolute Gasteiger partial charge is 0.508 e. The van der Waals surface area contributed by atoms with Crippen LogP contribution in [0, 0.1) is 0 Å². The van der Waals surface area contributed by atoms with Gasteiger partial charge in [0, 0.05) is 6.42 Å². The Labute approximate surface area is 343 Å². The first-order chi connectivity index (χ1) is 27.8. The minimum absolute atomic E-state index is 0.152. The van der Waals surface area contributed by atoms with Crippen LogP contribution in [0.25, 0.3) is 0 Å². The van der Waals surface area contributed by atoms with E-state index in [2.05, 4.69) is 37.2 Å². The molecule has 1 aromatic rings. The number of nitrogens with one attached hydrogen (secondary N) is 7. The monoisotopic (exact) mass is 857 g/mol. The molecule has 0 fully saturated rings. The summed E-state index contributed by atoms with van der Waals surface area (Å²) < 4.78 is 0. The molecule has 0 saturated heterocycles. The Morgan fingerprint density at radius 3 is 1.27 bits per heavy atom. The van der Waals surface area contributed by atoms with Crippen LogP contribution in [-0.2, 0) is 49.6 Å². The molecule has 8 amide bonds. The lowest BCUT2D eigenvalue weighted by Gasteiger charge is -2.29. The first-order valence-electron chi connectivity index (χ1n) is 18.3. The molecular weight excluding hydrogens is 802 g/mol. The molecule has 1 rings (SSSR count). The number of rotatable bonds is 24. The first-order valence-corrected chi connectivity index (χ1v) is 18.3. The Morgan fingerprint density at radius 2 is 0.883 bits per heavy atom. The van der Waals surface area contributed by atoms with Gasteiger partial charge in [-0.15, -0.1) is 0 Å². The zero-order valence-corrected chi connectivity index (χ0v) is 33.3. The zero-order valence-electron chi connectivity index (χ0n) is 33.3. The van der Waals surface area contributed by atoms with Crippen LogP contribution in [0.4, 0.5) is 0 Å². The van der Waals surface area contributed by atoms with Gasteiger partial charge >= 0.3 is 5.97 Å². The molecule has 0 aliphatic carbocycles. The number of aliphatic hydroxyl groups is 5. The fraction of sp³-hybridized carbons (Fsp3) is 0.571. The van der Waals surface area contributed by atoms with E-state index in [4.69, 9.17) is 11.5 Å². The van der Waals surface area contributed by atoms with Gasteiger partial charge in [0.05, 0.1) is 43.5 Å². The van der Waals surface area contributed by atoms with Crippen LogP contribution in [0.5, 0.6) is 5.75 Å². The van der Waals surface area contributed by atoms with Crippen LogP contribution >= 0.6 is 0 Å². The van der Waals surface area contributed by atoms with E-state index in [0.29, 0.717) is 5.56 Å². The van der Waals surface area contributed by atoms with Crippen molar-refractivity contribution in [1.82, 2.24) is 37.2 Å². The minimum atomic E-state index is -2.00. The summed E-state index contributed by atoms with van der Waals surface area (Å²) in [5.74, 6) is -11.3. The van der Waals surface area contributed by atoms with Gasteiger partial charge in [-0.25, -0.2) is 4.79 Å². The summed E-state index contributed by atoms with van der Waals surface area (Å²) in [6.45, 7) is 4.53. The van der Waals surface area contributed by atoms with Crippen molar-refractivity contribution in [2.75, 3.05) is 6.61 Å². The summed E-state index contributed by atoms with van der Waals surface area (Å²) in [7, 11) is 0. The highest BCUT2D eigenvalue weighted by Crippen LogP contribution is 2.13. The average molecular weight is 858 g/mol. The second kappa shape index (κ2) is 24.2. The molecule has 0 aliphatic rings. The number of phenols is 1. The Morgan fingerprint density at radius 1 is 0.533 bits per heavy atom. The first kappa shape index (κ1) is 52.0. The fourth-order valence-electron chi connectivity index (χ4n) is 5.12. The third-order valence-corrected chi connectivity index (χ3v) is 8.51. The predicted octanol–water partition coefficient (Wildman–Crippen LogP) is -7.85. The maximum absolute atomic E-state index is 13.6. The molecule has 0 bridgehead atoms. The van der Waals surface area contributed by atoms with Gasteiger partial charge in [0.15, 0.2) is 6.04 Å². The summed E-state index contributed by atoms with van der Waals surface area (Å²) in [6.07, 6.45) is -8.10. The van der Waals surface area contributed by atoms with Gasteiger partial charge in [-0.2, -0.15) is 0 Å². The molecule has 18 N–H and O–H groups in total. The van der Waals surface area contributed by atoms with Gasteiger partial charge in [-0.05, 0) is 52.3 Å². The second-order valence-electron chi connectivity index (χ2n) is 13.9. The summed E-state index contributed by atoms with van der Waals surface area (Å²) in [5.41, 5.74) is 11.1. The molecule has 60 heavy (non-hydrogen) atoms. The normalized spacial score (nSPS) is 17.1. The zero-order chi connectivity index (χ0) is 46.2. The number of phenolic OH excluding ortho intramolecular Hbond substituents is 1. The Bertz CT molecular complexity index is 1690. The Hall–Kier alpha value is -5.99. The number of carbonyl (C=O) groups is 9. The van der Waals surface area contributed by atoms with Crippen molar-refractivity contribution in [2.45, 2.75) is 120 Å². The number of primary amides is 1. The number of nitrogens with two attached hydrogens (primary N) is 2. The number of aliphatic hydroxyl groups excluding tert-OH is 5. The standard InChI is InChI=1S/C35H55N9O16/c1-13(36)28(52)40-22(12-45)31(55)41-25(15(3)47)33(57)43-26(16(4)48)34(58)42-24(14(2)46)32(56)39-21(11-23(37)51)29(53)38-20(10-18-6-8-19(50)9-7-18)30(54)44-27(17(5)49)35(59)60/h6-9,13-17,20-22,24-27,45-50H,10-12,36H2,1-5H3,(H2,37,51)(H,38,53)(H,39,56)(H,40,52)(H,41,55)(H,42,58)(H,43,57)(H,44,54)(H,59,60)/t13-,14-,15-,16-,17-,20+,21+,22+,24+,25+,26+,27+/m1/s1. The highest BCUT2D eigenvalue weighted by Gasteiger charge is 2.38. The minimum Gasteiger partial charge on any atom is -0.508 e. The Kier molecular flexibility index (Phi) is 21.0. The molecule has 1 aromatic carbocycles. The second-order valence-corrected chi connectivity index (χ2v) is 13.9. The van der Waals surface area contributed by atoms with E-state index in [0.717, 1.165) is 27.7 Å². The maximum atomic E-state index is 13.6. The van der Waals surface area contributed by atoms with E-state index >= 15 is 0 Å². The fourth-order valence-corrected chi connectivity index (χ4v) is 5.12. The maximum Gasteiger partial charge on any atom is 0.328 e. The van der Waals surface area contributed by atoms with E-state index < -0.39 is 139 Å². The van der Waals surface area contributed by atoms with Crippen molar-refractivity contribution < 1.29 is 78.9 Å². The van der Waals surface area contributed by atoms with Gasteiger partial charge < -0.3 is 84.4 Å². The Balaban J connectivity index is 3.33. The lowest BCUT2D eigenvalue weighted by atomic mass is 10.0. The van der Waals surface area contributed by atoms with Crippen molar-refractivity contribution in [3.8, 4) is 5.75 Å². The van der Waals surface area contributed by atoms with Crippen LogP contribution in [0.2, 0.25) is 0 Å². The molecule has 25 nitrogen and oxygen atoms in total. The number of hydrogen-bond donors (Lipinski definition) is 16. The highest BCUT2D eigenvalue weighted by molar-refractivity contribution is 5.99. The number of hydrogen-bond acceptors (Lipinski definition) is 16. The van der Waals surface area contributed by atoms with Crippen molar-refractivity contribution in [2.24, 2.45) is 11.5 Å². The van der Waals surface area contributed by atoms with Gasteiger partial charge in [-0.3, -0.25) is 38.4 Å². The number of aliphatic carboxylic acids is 1. The molecule has 12 atom stereocenters. The molecule has 0 saturated carbocycles. The van der Waals surface area contributed by atoms with E-state index in [1.807, 2.05) is 0 Å². The summed E-state index contributed by atoms with van der Waals surface area (Å²) in [6, 6.07) is -8.69. The van der Waals surface area contributed by atoms with Gasteiger partial charge in [-0.1, -0.05) is 12.1 Å². The van der Waals surface area contributed by atoms with Crippen molar-refractivity contribution in [1.29, 1.82) is 0 Å². The molecule has 0 unspecified atom stereocenters. The van der Waals surface area contributed by atoms with Crippen LogP contribution in [0.15, 0.2) is 24.3 Å². The smallest absolute Gasteiger partial charge is 0.328 e. The number of carbonyl (C=O) groups excluding carboxylic acids is 8. The molecular formula is C35H55N9O16. The van der Waals surface area contributed by atoms with Crippen molar-refractivity contribution >= 4 is 53.2 Å². The quantitative estimate of drug-likeness (QED) is 0.0459. The number of amides is 8. The topological polar surface area (TPSA) is 431 Å². The molecule has 0 spiro atoms. The van der Waals surface area contributed by atoms with Crippen molar-refractivity contribution in [3.63, 3.8) is 0 Å². The van der Waals surface area contributed by atoms with Crippen LogP contribution in [0.3, 0.4) is 0 Å². The molecule has 0 heterocycles. The third kappa shape index (κ3) is 16.7. The predicted molar refractivity (Wildman–Crippen MR) is 204 cm³/mol. The lowest BCUT2D eigenvalue weighted by Crippen LogP contribution is -2.64. The number of carboxylic acids is 1. The van der Waals surface area contributed by atoms with Crippen LogP contribution in [0.1, 0.15) is 46.6 Å². The average Bonchev–Trinajstić information content (AvgIpc) is 3.14. The van der Waals surface area contributed by atoms with Gasteiger partial charge in [0.1, 0.15) is 42.0 Å².